The third kappa shape index (κ3) is 29.9. The number of hydrogen-bond acceptors (Lipinski definition) is 3. The van der Waals surface area contributed by atoms with Crippen molar-refractivity contribution < 1.29 is 2.85 Å². The Hall–Kier alpha value is -0.380. The van der Waals surface area contributed by atoms with E-state index < -0.39 is 0 Å². The number of allylic oxidation sites excluding steroid dienone is 1. The van der Waals surface area contributed by atoms with Crippen molar-refractivity contribution in [1.82, 2.24) is 6.15 Å². The Labute approximate surface area is 92.5 Å². The Morgan fingerprint density at radius 2 is 1.57 bits per heavy atom. The van der Waals surface area contributed by atoms with Crippen LogP contribution in [-0.4, -0.2) is 13.1 Å². The molecular weight excluding hydrogens is 174 g/mol. The fourth-order valence-electron chi connectivity index (χ4n) is 0.827. The predicted octanol–water partition coefficient (Wildman–Crippen LogP) is 3.09. The van der Waals surface area contributed by atoms with Crippen molar-refractivity contribution in [2.75, 3.05) is 13.1 Å². The maximum Gasteiger partial charge on any atom is 0 e. The predicted molar refractivity (Wildman–Crippen MR) is 70.9 cm³/mol. The zero-order valence-electron chi connectivity index (χ0n) is 9.80. The molecule has 0 aromatic rings. The van der Waals surface area contributed by atoms with Gasteiger partial charge in [0, 0.05) is 2.85 Å². The van der Waals surface area contributed by atoms with E-state index in [1.807, 2.05) is 6.08 Å². The van der Waals surface area contributed by atoms with Crippen molar-refractivity contribution in [3.63, 3.8) is 0 Å². The van der Waals surface area contributed by atoms with Gasteiger partial charge in [-0.25, -0.2) is 0 Å². The number of rotatable bonds is 7. The molecule has 3 nitrogen and oxygen atoms in total. The summed E-state index contributed by atoms with van der Waals surface area (Å²) in [4.78, 5) is 0. The van der Waals surface area contributed by atoms with E-state index in [1.54, 1.807) is 0 Å². The average molecular weight is 207 g/mol. The molecule has 0 atom stereocenters. The normalized spacial score (nSPS) is 8.21. The third-order valence-electron chi connectivity index (χ3n) is 1.67. The molecule has 14 heavy (non-hydrogen) atoms. The van der Waals surface area contributed by atoms with E-state index in [-0.39, 0.29) is 9.00 Å². The van der Waals surface area contributed by atoms with Crippen LogP contribution in [0.25, 0.3) is 0 Å². The molecule has 0 saturated heterocycles. The van der Waals surface area contributed by atoms with E-state index in [2.05, 4.69) is 13.5 Å². The minimum Gasteiger partial charge on any atom is -0.344 e. The molecule has 0 amide bonds. The lowest BCUT2D eigenvalue weighted by Crippen LogP contribution is -1.96. The summed E-state index contributed by atoms with van der Waals surface area (Å²) in [5.41, 5.74) is 10.4. The number of nitrogens with two attached hydrogens (primary N) is 2. The molecule has 0 aliphatic carbocycles. The molecular formula is C11H33N3. The minimum atomic E-state index is 0. The molecule has 0 aliphatic heterocycles. The molecule has 0 aliphatic rings. The fourth-order valence-corrected chi connectivity index (χ4v) is 0.827. The van der Waals surface area contributed by atoms with Gasteiger partial charge in [-0.3, -0.25) is 0 Å². The number of hydrogen-bond donors (Lipinski definition) is 3. The van der Waals surface area contributed by atoms with E-state index in [4.69, 9.17) is 11.5 Å². The van der Waals surface area contributed by atoms with Crippen molar-refractivity contribution >= 4 is 0 Å². The van der Waals surface area contributed by atoms with Gasteiger partial charge in [-0.05, 0) is 38.8 Å². The lowest BCUT2D eigenvalue weighted by atomic mass is 10.2. The molecule has 0 heterocycles. The van der Waals surface area contributed by atoms with E-state index in [1.165, 1.54) is 25.7 Å². The molecule has 0 radical (unpaired) electrons. The summed E-state index contributed by atoms with van der Waals surface area (Å²) in [6.45, 7) is 7.44. The summed E-state index contributed by atoms with van der Waals surface area (Å²) in [5.74, 6) is 0. The van der Waals surface area contributed by atoms with Gasteiger partial charge < -0.3 is 17.6 Å². The van der Waals surface area contributed by atoms with Gasteiger partial charge >= 0.3 is 0 Å². The second-order valence-corrected chi connectivity index (χ2v) is 3.07. The maximum absolute atomic E-state index is 5.23. The van der Waals surface area contributed by atoms with Gasteiger partial charge in [-0.1, -0.05) is 25.8 Å². The van der Waals surface area contributed by atoms with Crippen LogP contribution < -0.4 is 17.6 Å². The highest BCUT2D eigenvalue weighted by atomic mass is 14.5. The first kappa shape index (κ1) is 19.2. The van der Waals surface area contributed by atoms with Crippen LogP contribution in [0.2, 0.25) is 0 Å². The average Bonchev–Trinajstić information content (AvgIpc) is 2.17. The zero-order chi connectivity index (χ0) is 10.4. The molecule has 0 aromatic heterocycles. The van der Waals surface area contributed by atoms with Gasteiger partial charge in [-0.2, -0.15) is 0 Å². The van der Waals surface area contributed by atoms with Crippen molar-refractivity contribution in [3.05, 3.63) is 12.7 Å². The molecule has 0 unspecified atom stereocenters. The largest absolute Gasteiger partial charge is 0.344 e. The summed E-state index contributed by atoms with van der Waals surface area (Å²) in [5, 5.41) is 0. The molecule has 0 spiro atoms. The fraction of sp³-hybridized carbons (Fsp3) is 0.818. The van der Waals surface area contributed by atoms with Gasteiger partial charge in [0.05, 0.1) is 0 Å². The highest BCUT2D eigenvalue weighted by Crippen LogP contribution is 1.91. The summed E-state index contributed by atoms with van der Waals surface area (Å²) < 4.78 is 0. The maximum atomic E-state index is 5.23. The van der Waals surface area contributed by atoms with E-state index in [0.29, 0.717) is 0 Å². The van der Waals surface area contributed by atoms with Crippen molar-refractivity contribution in [3.8, 4) is 0 Å². The van der Waals surface area contributed by atoms with Crippen LogP contribution in [0.4, 0.5) is 0 Å². The van der Waals surface area contributed by atoms with Crippen LogP contribution in [0.3, 0.4) is 0 Å². The quantitative estimate of drug-likeness (QED) is 0.443. The molecule has 0 bridgehead atoms. The highest BCUT2D eigenvalue weighted by Gasteiger charge is 1.77. The van der Waals surface area contributed by atoms with Crippen LogP contribution >= 0.6 is 0 Å². The molecule has 3 heteroatoms. The van der Waals surface area contributed by atoms with Crippen molar-refractivity contribution in [2.45, 2.75) is 45.4 Å². The summed E-state index contributed by atoms with van der Waals surface area (Å²) in [6, 6.07) is 0. The van der Waals surface area contributed by atoms with Crippen LogP contribution in [0.1, 0.15) is 48.3 Å². The van der Waals surface area contributed by atoms with Gasteiger partial charge in [0.15, 0.2) is 0 Å². The van der Waals surface area contributed by atoms with E-state index in [9.17, 15) is 0 Å². The zero-order valence-corrected chi connectivity index (χ0v) is 9.80. The lowest BCUT2D eigenvalue weighted by molar-refractivity contribution is 0.727. The van der Waals surface area contributed by atoms with Gasteiger partial charge in [0.1, 0.15) is 0 Å². The highest BCUT2D eigenvalue weighted by molar-refractivity contribution is 4.65. The Bertz CT molecular complexity index is 89.3. The van der Waals surface area contributed by atoms with E-state index >= 15 is 0 Å². The summed E-state index contributed by atoms with van der Waals surface area (Å²) in [6.07, 6.45) is 9.11. The summed E-state index contributed by atoms with van der Waals surface area (Å²) in [7, 11) is 0. The lowest BCUT2D eigenvalue weighted by Gasteiger charge is -1.88. The monoisotopic (exact) mass is 207 g/mol. The molecule has 92 valence electrons. The Balaban J connectivity index is -0.0000000428. The first-order valence-electron chi connectivity index (χ1n) is 5.34. The Morgan fingerprint density at radius 1 is 1.07 bits per heavy atom. The van der Waals surface area contributed by atoms with Crippen molar-refractivity contribution in [2.24, 2.45) is 11.5 Å². The Morgan fingerprint density at radius 3 is 1.86 bits per heavy atom. The van der Waals surface area contributed by atoms with Gasteiger partial charge in [0.2, 0.25) is 0 Å². The first-order valence-corrected chi connectivity index (χ1v) is 5.34. The van der Waals surface area contributed by atoms with Crippen LogP contribution in [-0.2, 0) is 0 Å². The molecule has 0 fully saturated rings. The van der Waals surface area contributed by atoms with Gasteiger partial charge in [-0.15, -0.1) is 6.58 Å². The minimum absolute atomic E-state index is 0. The molecule has 0 aromatic carbocycles. The second-order valence-electron chi connectivity index (χ2n) is 3.07. The van der Waals surface area contributed by atoms with Crippen LogP contribution in [0.15, 0.2) is 12.7 Å². The van der Waals surface area contributed by atoms with Crippen LogP contribution in [0.5, 0.6) is 0 Å². The second kappa shape index (κ2) is 22.9. The first-order chi connectivity index (χ1) is 6.33. The molecule has 0 saturated carbocycles. The Kier molecular flexibility index (Phi) is 31.5. The smallest absolute Gasteiger partial charge is 0 e. The topological polar surface area (TPSA) is 87.0 Å². The van der Waals surface area contributed by atoms with E-state index in [0.717, 1.165) is 25.9 Å². The van der Waals surface area contributed by atoms with Crippen LogP contribution in [0, 0.1) is 0 Å². The standard InChI is InChI=1S/C6H13N.C5H13N.H3N.2H2/c1-2-3-4-5-6-7;1-2-3-4-5-6;;;/h2H,1,3-7H2;2-6H2,1H3;1H3;2*1H. The molecule has 0 rings (SSSR count). The van der Waals surface area contributed by atoms with Gasteiger partial charge in [0.25, 0.3) is 0 Å². The van der Waals surface area contributed by atoms with Crippen molar-refractivity contribution in [1.29, 1.82) is 0 Å². The number of unbranched alkanes of at least 4 members (excludes halogenated alkanes) is 4. The molecule has 7 N–H and O–H groups in total. The SMILES string of the molecule is C=CCCCCN.CCCCCN.N.[HH].[HH]. The third-order valence-corrected chi connectivity index (χ3v) is 1.67. The summed E-state index contributed by atoms with van der Waals surface area (Å²) >= 11 is 0.